The van der Waals surface area contributed by atoms with Crippen LogP contribution in [0.1, 0.15) is 6.92 Å². The second-order valence-corrected chi connectivity index (χ2v) is 4.50. The summed E-state index contributed by atoms with van der Waals surface area (Å²) in [4.78, 5) is 0. The van der Waals surface area contributed by atoms with Gasteiger partial charge in [0.05, 0.1) is 26.8 Å². The first-order valence-electron chi connectivity index (χ1n) is 5.11. The Morgan fingerprint density at radius 3 is 1.41 bits per heavy atom. The van der Waals surface area contributed by atoms with E-state index in [1.54, 1.807) is 14.2 Å². The quantitative estimate of drug-likeness (QED) is 0.438. The van der Waals surface area contributed by atoms with Crippen LogP contribution >= 0.6 is 0 Å². The van der Waals surface area contributed by atoms with E-state index in [1.165, 1.54) is 0 Å². The van der Waals surface area contributed by atoms with Gasteiger partial charge < -0.3 is 14.0 Å². The molecule has 0 aliphatic rings. The molecule has 0 saturated heterocycles. The largest absolute Gasteiger partial charge is 0.379 e. The van der Waals surface area contributed by atoms with Crippen LogP contribution in [0.15, 0.2) is 0 Å². The summed E-state index contributed by atoms with van der Waals surface area (Å²) < 4.78 is 45.1. The molecule has 0 unspecified atom stereocenters. The van der Waals surface area contributed by atoms with Gasteiger partial charge in [0.2, 0.25) is 0 Å². The summed E-state index contributed by atoms with van der Waals surface area (Å²) in [5, 5.41) is 0. The molecular weight excluding hydrogens is 254 g/mol. The SMILES string of the molecule is CC[N+](C)(CCOC)CCOC.[O-][Cl+3]([O-])([O-])[O-]. The molecule has 0 bridgehead atoms. The van der Waals surface area contributed by atoms with Gasteiger partial charge in [-0.1, -0.05) is 0 Å². The van der Waals surface area contributed by atoms with Crippen LogP contribution in [0, 0.1) is 10.2 Å². The van der Waals surface area contributed by atoms with Crippen molar-refractivity contribution in [3.63, 3.8) is 0 Å². The summed E-state index contributed by atoms with van der Waals surface area (Å²) >= 11 is 0. The number of hydrogen-bond acceptors (Lipinski definition) is 6. The predicted molar refractivity (Wildman–Crippen MR) is 50.2 cm³/mol. The van der Waals surface area contributed by atoms with E-state index in [1.807, 2.05) is 0 Å². The van der Waals surface area contributed by atoms with Crippen LogP contribution in [0.5, 0.6) is 0 Å². The van der Waals surface area contributed by atoms with E-state index in [0.717, 1.165) is 37.3 Å². The molecule has 0 aromatic rings. The predicted octanol–water partition coefficient (Wildman–Crippen LogP) is -4.01. The summed E-state index contributed by atoms with van der Waals surface area (Å²) in [5.74, 6) is 0. The topological polar surface area (TPSA) is 111 Å². The molecule has 0 aliphatic carbocycles. The molecule has 0 aromatic heterocycles. The van der Waals surface area contributed by atoms with E-state index < -0.39 is 10.2 Å². The van der Waals surface area contributed by atoms with Crippen molar-refractivity contribution in [1.29, 1.82) is 0 Å². The van der Waals surface area contributed by atoms with Crippen molar-refractivity contribution in [2.24, 2.45) is 0 Å². The summed E-state index contributed by atoms with van der Waals surface area (Å²) in [6.45, 7) is 7.12. The molecule has 0 heterocycles. The van der Waals surface area contributed by atoms with Gasteiger partial charge >= 0.3 is 0 Å². The third-order valence-corrected chi connectivity index (χ3v) is 2.43. The first kappa shape index (κ1) is 19.4. The molecule has 0 saturated carbocycles. The van der Waals surface area contributed by atoms with E-state index in [2.05, 4.69) is 14.0 Å². The third kappa shape index (κ3) is 18.6. The van der Waals surface area contributed by atoms with E-state index in [9.17, 15) is 0 Å². The Bertz CT molecular complexity index is 161. The number of rotatable bonds is 7. The molecule has 0 N–H and O–H groups in total. The molecule has 0 fully saturated rings. The molecule has 7 nitrogen and oxygen atoms in total. The number of likely N-dealkylation sites (N-methyl/N-ethyl adjacent to an activating group) is 1. The summed E-state index contributed by atoms with van der Waals surface area (Å²) in [6, 6.07) is 0. The molecular formula is C9H22ClNO6. The Kier molecular flexibility index (Phi) is 11.4. The van der Waals surface area contributed by atoms with Crippen LogP contribution in [0.3, 0.4) is 0 Å². The standard InChI is InChI=1S/C9H22NO2.ClHO4/c1-5-10(2,6-8-11-3)7-9-12-4;2-1(3,4)5/h5-9H2,1-4H3;(H,2,3,4,5)/q+1;/p-1. The minimum atomic E-state index is -4.94. The van der Waals surface area contributed by atoms with Gasteiger partial charge in [0.15, 0.2) is 0 Å². The molecule has 0 atom stereocenters. The summed E-state index contributed by atoms with van der Waals surface area (Å²) in [6.07, 6.45) is 0. The third-order valence-electron chi connectivity index (χ3n) is 2.43. The van der Waals surface area contributed by atoms with E-state index in [-0.39, 0.29) is 0 Å². The fraction of sp³-hybridized carbons (Fsp3) is 1.00. The van der Waals surface area contributed by atoms with Crippen molar-refractivity contribution in [2.75, 3.05) is 54.1 Å². The Balaban J connectivity index is 0. The van der Waals surface area contributed by atoms with Gasteiger partial charge in [0.25, 0.3) is 0 Å². The monoisotopic (exact) mass is 275 g/mol. The molecule has 0 spiro atoms. The maximum absolute atomic E-state index is 8.49. The van der Waals surface area contributed by atoms with Crippen molar-refractivity contribution in [1.82, 2.24) is 0 Å². The van der Waals surface area contributed by atoms with Crippen molar-refractivity contribution in [2.45, 2.75) is 6.92 Å². The van der Waals surface area contributed by atoms with Gasteiger partial charge in [-0.05, 0) is 6.92 Å². The number of quaternary nitrogens is 1. The highest BCUT2D eigenvalue weighted by Crippen LogP contribution is 2.00. The van der Waals surface area contributed by atoms with Crippen LogP contribution in [0.2, 0.25) is 0 Å². The summed E-state index contributed by atoms with van der Waals surface area (Å²) in [5.41, 5.74) is 0. The minimum Gasteiger partial charge on any atom is -0.379 e. The normalized spacial score (nSPS) is 12.0. The van der Waals surface area contributed by atoms with E-state index in [0.29, 0.717) is 0 Å². The molecule has 0 radical (unpaired) electrons. The highest BCUT2D eigenvalue weighted by Gasteiger charge is 2.17. The fourth-order valence-corrected chi connectivity index (χ4v) is 1.05. The molecule has 0 aliphatic heterocycles. The Morgan fingerprint density at radius 1 is 0.941 bits per heavy atom. The lowest BCUT2D eigenvalue weighted by molar-refractivity contribution is -2.00. The number of hydrogen-bond donors (Lipinski definition) is 0. The van der Waals surface area contributed by atoms with Gasteiger partial charge in [0, 0.05) is 14.2 Å². The van der Waals surface area contributed by atoms with Crippen LogP contribution < -0.4 is 18.6 Å². The van der Waals surface area contributed by atoms with Crippen LogP contribution in [0.4, 0.5) is 0 Å². The van der Waals surface area contributed by atoms with Crippen LogP contribution in [-0.2, 0) is 9.47 Å². The zero-order valence-electron chi connectivity index (χ0n) is 10.8. The highest BCUT2D eigenvalue weighted by molar-refractivity contribution is 4.36. The highest BCUT2D eigenvalue weighted by atomic mass is 35.7. The van der Waals surface area contributed by atoms with E-state index >= 15 is 0 Å². The average Bonchev–Trinajstić information content (AvgIpc) is 2.21. The maximum Gasteiger partial charge on any atom is 0.102 e. The zero-order chi connectivity index (χ0) is 13.9. The fourth-order valence-electron chi connectivity index (χ4n) is 1.05. The van der Waals surface area contributed by atoms with Crippen molar-refractivity contribution >= 4 is 0 Å². The first-order valence-corrected chi connectivity index (χ1v) is 6.35. The van der Waals surface area contributed by atoms with E-state index in [4.69, 9.17) is 28.1 Å². The Hall–Kier alpha value is 0.01000. The van der Waals surface area contributed by atoms with Gasteiger partial charge in [0.1, 0.15) is 13.1 Å². The molecule has 0 amide bonds. The molecule has 8 heteroatoms. The van der Waals surface area contributed by atoms with Crippen LogP contribution in [0.25, 0.3) is 0 Å². The lowest BCUT2D eigenvalue weighted by Gasteiger charge is -2.32. The molecule has 0 rings (SSSR count). The number of methoxy groups -OCH3 is 2. The maximum atomic E-state index is 8.49. The Morgan fingerprint density at radius 2 is 1.24 bits per heavy atom. The smallest absolute Gasteiger partial charge is 0.102 e. The average molecular weight is 276 g/mol. The second-order valence-electron chi connectivity index (χ2n) is 3.75. The van der Waals surface area contributed by atoms with Crippen molar-refractivity contribution in [3.8, 4) is 0 Å². The van der Waals surface area contributed by atoms with Gasteiger partial charge in [-0.25, -0.2) is 18.6 Å². The van der Waals surface area contributed by atoms with Crippen molar-refractivity contribution in [3.05, 3.63) is 0 Å². The summed E-state index contributed by atoms with van der Waals surface area (Å²) in [7, 11) is 0.782. The number of ether oxygens (including phenoxy) is 2. The van der Waals surface area contributed by atoms with Gasteiger partial charge in [-0.15, -0.1) is 10.2 Å². The number of halogens is 1. The van der Waals surface area contributed by atoms with Crippen molar-refractivity contribution < 1.29 is 42.8 Å². The minimum absolute atomic E-state index is 0.827. The first-order chi connectivity index (χ1) is 7.68. The number of nitrogens with zero attached hydrogens (tertiary/aromatic N) is 1. The Labute approximate surface area is 104 Å². The molecule has 0 aromatic carbocycles. The van der Waals surface area contributed by atoms with Gasteiger partial charge in [-0.3, -0.25) is 0 Å². The molecule has 17 heavy (non-hydrogen) atoms. The second kappa shape index (κ2) is 9.98. The zero-order valence-corrected chi connectivity index (χ0v) is 11.6. The van der Waals surface area contributed by atoms with Crippen LogP contribution in [-0.4, -0.2) is 58.6 Å². The molecule has 106 valence electrons. The lowest BCUT2D eigenvalue weighted by atomic mass is 10.4. The lowest BCUT2D eigenvalue weighted by Crippen LogP contribution is -2.68. The van der Waals surface area contributed by atoms with Gasteiger partial charge in [-0.2, -0.15) is 0 Å².